The Morgan fingerprint density at radius 1 is 1.42 bits per heavy atom. The van der Waals surface area contributed by atoms with Gasteiger partial charge in [0.1, 0.15) is 18.2 Å². The van der Waals surface area contributed by atoms with Crippen LogP contribution in [0.25, 0.3) is 0 Å². The Bertz CT molecular complexity index is 505. The van der Waals surface area contributed by atoms with Gasteiger partial charge in [0.15, 0.2) is 0 Å². The molecule has 2 rings (SSSR count). The lowest BCUT2D eigenvalue weighted by Crippen LogP contribution is -2.12. The molecule has 1 aromatic carbocycles. The van der Waals surface area contributed by atoms with Crippen molar-refractivity contribution in [1.29, 1.82) is 0 Å². The zero-order valence-corrected chi connectivity index (χ0v) is 12.0. The Morgan fingerprint density at radius 2 is 2.21 bits per heavy atom. The molecule has 1 unspecified atom stereocenters. The largest absolute Gasteiger partial charge is 0.492 e. The zero-order chi connectivity index (χ0) is 13.8. The van der Waals surface area contributed by atoms with Crippen molar-refractivity contribution in [2.75, 3.05) is 0 Å². The normalized spacial score (nSPS) is 19.1. The van der Waals surface area contributed by atoms with Gasteiger partial charge in [0.2, 0.25) is 0 Å². The lowest BCUT2D eigenvalue weighted by atomic mass is 9.89. The first-order valence-corrected chi connectivity index (χ1v) is 6.88. The Morgan fingerprint density at radius 3 is 2.89 bits per heavy atom. The predicted octanol–water partition coefficient (Wildman–Crippen LogP) is 5.02. The van der Waals surface area contributed by atoms with E-state index in [9.17, 15) is 4.39 Å². The third-order valence-electron chi connectivity index (χ3n) is 3.34. The van der Waals surface area contributed by atoms with Crippen molar-refractivity contribution in [2.45, 2.75) is 26.9 Å². The average Bonchev–Trinajstić information content (AvgIpc) is 2.37. The van der Waals surface area contributed by atoms with Gasteiger partial charge in [0.05, 0.1) is 5.03 Å². The first-order valence-electron chi connectivity index (χ1n) is 6.50. The fraction of sp³-hybridized carbons (Fsp3) is 0.375. The van der Waals surface area contributed by atoms with Crippen LogP contribution in [0.1, 0.15) is 25.8 Å². The van der Waals surface area contributed by atoms with Crippen LogP contribution in [0, 0.1) is 17.7 Å². The number of hydrogen-bond donors (Lipinski definition) is 0. The van der Waals surface area contributed by atoms with Gasteiger partial charge in [-0.25, -0.2) is 4.39 Å². The Hall–Kier alpha value is -1.28. The summed E-state index contributed by atoms with van der Waals surface area (Å²) in [6, 6.07) is 6.43. The van der Waals surface area contributed by atoms with Crippen molar-refractivity contribution in [2.24, 2.45) is 11.8 Å². The standard InChI is InChI=1S/C16H18ClFO/c1-11(2)13-6-7-15(17)16(9-13)19-10-12-4-3-5-14(18)8-12/h3-8,11,13H,9-10H2,1-2H3. The van der Waals surface area contributed by atoms with Crippen LogP contribution in [0.2, 0.25) is 0 Å². The van der Waals surface area contributed by atoms with Gasteiger partial charge in [0, 0.05) is 6.42 Å². The van der Waals surface area contributed by atoms with Crippen LogP contribution >= 0.6 is 11.6 Å². The van der Waals surface area contributed by atoms with E-state index in [1.54, 1.807) is 6.07 Å². The van der Waals surface area contributed by atoms with Gasteiger partial charge in [-0.15, -0.1) is 0 Å². The first-order chi connectivity index (χ1) is 9.06. The quantitative estimate of drug-likeness (QED) is 0.752. The van der Waals surface area contributed by atoms with Crippen LogP contribution in [0.3, 0.4) is 0 Å². The number of halogens is 2. The summed E-state index contributed by atoms with van der Waals surface area (Å²) in [6.07, 6.45) is 4.83. The molecule has 0 amide bonds. The molecule has 102 valence electrons. The number of allylic oxidation sites excluding steroid dienone is 4. The molecule has 3 heteroatoms. The van der Waals surface area contributed by atoms with E-state index in [0.717, 1.165) is 17.7 Å². The maximum Gasteiger partial charge on any atom is 0.123 e. The Labute approximate surface area is 118 Å². The summed E-state index contributed by atoms with van der Waals surface area (Å²) in [5.41, 5.74) is 0.813. The summed E-state index contributed by atoms with van der Waals surface area (Å²) >= 11 is 6.14. The van der Waals surface area contributed by atoms with E-state index in [0.29, 0.717) is 23.5 Å². The topological polar surface area (TPSA) is 9.23 Å². The molecular weight excluding hydrogens is 263 g/mol. The van der Waals surface area contributed by atoms with E-state index in [4.69, 9.17) is 16.3 Å². The molecular formula is C16H18ClFO. The van der Waals surface area contributed by atoms with Gasteiger partial charge in [-0.1, -0.05) is 43.7 Å². The molecule has 0 saturated heterocycles. The lowest BCUT2D eigenvalue weighted by molar-refractivity contribution is 0.175. The molecule has 0 fully saturated rings. The van der Waals surface area contributed by atoms with Crippen molar-refractivity contribution in [3.8, 4) is 0 Å². The summed E-state index contributed by atoms with van der Waals surface area (Å²) in [5.74, 6) is 1.55. The minimum Gasteiger partial charge on any atom is -0.492 e. The van der Waals surface area contributed by atoms with Crippen LogP contribution < -0.4 is 0 Å². The van der Waals surface area contributed by atoms with Crippen LogP contribution in [-0.4, -0.2) is 0 Å². The monoisotopic (exact) mass is 280 g/mol. The van der Waals surface area contributed by atoms with E-state index >= 15 is 0 Å². The highest BCUT2D eigenvalue weighted by Crippen LogP contribution is 2.31. The number of ether oxygens (including phenoxy) is 1. The van der Waals surface area contributed by atoms with E-state index < -0.39 is 0 Å². The minimum absolute atomic E-state index is 0.246. The summed E-state index contributed by atoms with van der Waals surface area (Å²) < 4.78 is 18.8. The average molecular weight is 281 g/mol. The van der Waals surface area contributed by atoms with E-state index in [1.807, 2.05) is 12.1 Å². The smallest absolute Gasteiger partial charge is 0.123 e. The molecule has 0 aromatic heterocycles. The fourth-order valence-corrected chi connectivity index (χ4v) is 2.27. The molecule has 0 N–H and O–H groups in total. The Kier molecular flexibility index (Phi) is 4.65. The molecule has 1 atom stereocenters. The van der Waals surface area contributed by atoms with E-state index in [-0.39, 0.29) is 5.82 Å². The van der Waals surface area contributed by atoms with Gasteiger partial charge in [-0.05, 0) is 35.6 Å². The highest BCUT2D eigenvalue weighted by molar-refractivity contribution is 6.31. The molecule has 0 bridgehead atoms. The first kappa shape index (κ1) is 14.1. The summed E-state index contributed by atoms with van der Waals surface area (Å²) in [7, 11) is 0. The second kappa shape index (κ2) is 6.25. The van der Waals surface area contributed by atoms with Crippen molar-refractivity contribution in [3.05, 3.63) is 58.6 Å². The molecule has 0 spiro atoms. The molecule has 0 radical (unpaired) electrons. The summed E-state index contributed by atoms with van der Waals surface area (Å²) in [6.45, 7) is 4.71. The van der Waals surface area contributed by atoms with Crippen LogP contribution in [0.15, 0.2) is 47.2 Å². The minimum atomic E-state index is -0.246. The molecule has 0 aliphatic heterocycles. The van der Waals surface area contributed by atoms with Crippen LogP contribution in [-0.2, 0) is 11.3 Å². The van der Waals surface area contributed by atoms with Crippen LogP contribution in [0.5, 0.6) is 0 Å². The van der Waals surface area contributed by atoms with Crippen molar-refractivity contribution in [1.82, 2.24) is 0 Å². The Balaban J connectivity index is 2.00. The van der Waals surface area contributed by atoms with Crippen molar-refractivity contribution >= 4 is 11.6 Å². The summed E-state index contributed by atoms with van der Waals surface area (Å²) in [4.78, 5) is 0. The third kappa shape index (κ3) is 3.84. The number of rotatable bonds is 4. The van der Waals surface area contributed by atoms with E-state index in [2.05, 4.69) is 19.9 Å². The lowest BCUT2D eigenvalue weighted by Gasteiger charge is -2.23. The highest BCUT2D eigenvalue weighted by atomic mass is 35.5. The number of hydrogen-bond acceptors (Lipinski definition) is 1. The van der Waals surface area contributed by atoms with Gasteiger partial charge in [-0.2, -0.15) is 0 Å². The number of benzene rings is 1. The second-order valence-electron chi connectivity index (χ2n) is 5.16. The van der Waals surface area contributed by atoms with Gasteiger partial charge >= 0.3 is 0 Å². The zero-order valence-electron chi connectivity index (χ0n) is 11.2. The molecule has 19 heavy (non-hydrogen) atoms. The fourth-order valence-electron chi connectivity index (χ4n) is 2.06. The van der Waals surface area contributed by atoms with Gasteiger partial charge < -0.3 is 4.74 Å². The molecule has 1 aromatic rings. The summed E-state index contributed by atoms with van der Waals surface area (Å²) in [5, 5.41) is 0.647. The van der Waals surface area contributed by atoms with Crippen molar-refractivity contribution < 1.29 is 9.13 Å². The maximum atomic E-state index is 13.1. The van der Waals surface area contributed by atoms with Crippen molar-refractivity contribution in [3.63, 3.8) is 0 Å². The molecule has 0 saturated carbocycles. The van der Waals surface area contributed by atoms with E-state index in [1.165, 1.54) is 12.1 Å². The SMILES string of the molecule is CC(C)C1C=CC(Cl)=C(OCc2cccc(F)c2)C1. The molecule has 0 heterocycles. The van der Waals surface area contributed by atoms with Crippen LogP contribution in [0.4, 0.5) is 4.39 Å². The third-order valence-corrected chi connectivity index (χ3v) is 3.67. The maximum absolute atomic E-state index is 13.1. The highest BCUT2D eigenvalue weighted by Gasteiger charge is 2.19. The molecule has 1 aliphatic carbocycles. The molecule has 1 aliphatic rings. The predicted molar refractivity (Wildman–Crippen MR) is 76.2 cm³/mol. The van der Waals surface area contributed by atoms with Gasteiger partial charge in [-0.3, -0.25) is 0 Å². The van der Waals surface area contributed by atoms with Gasteiger partial charge in [0.25, 0.3) is 0 Å². The molecule has 1 nitrogen and oxygen atoms in total. The second-order valence-corrected chi connectivity index (χ2v) is 5.57.